The van der Waals surface area contributed by atoms with Gasteiger partial charge >= 0.3 is 0 Å². The number of rotatable bonds is 6. The van der Waals surface area contributed by atoms with Crippen molar-refractivity contribution >= 4 is 40.7 Å². The van der Waals surface area contributed by atoms with Crippen LogP contribution in [-0.2, 0) is 4.79 Å². The normalized spacial score (nSPS) is 10.8. The second-order valence-electron chi connectivity index (χ2n) is 5.95. The number of hydrogen-bond acceptors (Lipinski definition) is 3. The molecule has 3 aromatic rings. The van der Waals surface area contributed by atoms with E-state index in [1.165, 1.54) is 17.8 Å². The van der Waals surface area contributed by atoms with E-state index in [9.17, 15) is 9.59 Å². The summed E-state index contributed by atoms with van der Waals surface area (Å²) in [6, 6.07) is 21.9. The molecule has 28 heavy (non-hydrogen) atoms. The molecule has 1 amide bonds. The molecule has 0 aromatic heterocycles. The standard InChI is InChI=1S/C23H18ClNO2S/c1-2-5-22(26)25-20-6-3-4-7-21(20)28-19-14-10-17(11-15-19)23(27)16-8-12-18(24)13-9-16/h2-15H,1H3,(H,25,26). The maximum absolute atomic E-state index is 12.6. The highest BCUT2D eigenvalue weighted by molar-refractivity contribution is 7.99. The molecule has 1 N–H and O–H groups in total. The molecule has 3 aromatic carbocycles. The third kappa shape index (κ3) is 5.12. The molecule has 0 radical (unpaired) electrons. The molecule has 0 fully saturated rings. The van der Waals surface area contributed by atoms with Gasteiger partial charge in [0.25, 0.3) is 0 Å². The van der Waals surface area contributed by atoms with Crippen LogP contribution < -0.4 is 5.32 Å². The Bertz CT molecular complexity index is 1010. The summed E-state index contributed by atoms with van der Waals surface area (Å²) >= 11 is 7.40. The van der Waals surface area contributed by atoms with Gasteiger partial charge in [-0.15, -0.1) is 0 Å². The van der Waals surface area contributed by atoms with Crippen molar-refractivity contribution in [2.75, 3.05) is 5.32 Å². The van der Waals surface area contributed by atoms with Crippen LogP contribution in [0.5, 0.6) is 0 Å². The lowest BCUT2D eigenvalue weighted by Crippen LogP contribution is -2.08. The lowest BCUT2D eigenvalue weighted by atomic mass is 10.0. The summed E-state index contributed by atoms with van der Waals surface area (Å²) in [5, 5.41) is 3.48. The minimum atomic E-state index is -0.167. The number of anilines is 1. The number of nitrogens with one attached hydrogen (secondary N) is 1. The highest BCUT2D eigenvalue weighted by Crippen LogP contribution is 2.33. The predicted octanol–water partition coefficient (Wildman–Crippen LogP) is 6.24. The van der Waals surface area contributed by atoms with Gasteiger partial charge in [-0.3, -0.25) is 9.59 Å². The fourth-order valence-corrected chi connectivity index (χ4v) is 3.58. The van der Waals surface area contributed by atoms with Crippen LogP contribution >= 0.6 is 23.4 Å². The first-order valence-corrected chi connectivity index (χ1v) is 9.87. The molecule has 3 rings (SSSR count). The van der Waals surface area contributed by atoms with E-state index in [-0.39, 0.29) is 11.7 Å². The summed E-state index contributed by atoms with van der Waals surface area (Å²) in [6.45, 7) is 1.80. The van der Waals surface area contributed by atoms with Crippen LogP contribution in [0.15, 0.2) is 94.7 Å². The predicted molar refractivity (Wildman–Crippen MR) is 115 cm³/mol. The Morgan fingerprint density at radius 2 is 1.50 bits per heavy atom. The van der Waals surface area contributed by atoms with Gasteiger partial charge in [-0.05, 0) is 73.7 Å². The first-order valence-electron chi connectivity index (χ1n) is 8.67. The Balaban J connectivity index is 1.75. The summed E-state index contributed by atoms with van der Waals surface area (Å²) in [4.78, 5) is 26.3. The number of ketones is 1. The molecular weight excluding hydrogens is 390 g/mol. The number of allylic oxidation sites excluding steroid dienone is 1. The minimum absolute atomic E-state index is 0.0489. The average molecular weight is 408 g/mol. The Morgan fingerprint density at radius 1 is 0.893 bits per heavy atom. The van der Waals surface area contributed by atoms with E-state index in [0.717, 1.165) is 15.5 Å². The number of hydrogen-bond donors (Lipinski definition) is 1. The van der Waals surface area contributed by atoms with Crippen LogP contribution in [0.2, 0.25) is 5.02 Å². The molecule has 140 valence electrons. The van der Waals surface area contributed by atoms with Crippen LogP contribution in [0.3, 0.4) is 0 Å². The quantitative estimate of drug-likeness (QED) is 0.388. The van der Waals surface area contributed by atoms with E-state index in [1.54, 1.807) is 49.4 Å². The van der Waals surface area contributed by atoms with Gasteiger partial charge in [0, 0.05) is 25.9 Å². The van der Waals surface area contributed by atoms with Gasteiger partial charge < -0.3 is 5.32 Å². The van der Waals surface area contributed by atoms with Gasteiger partial charge in [-0.25, -0.2) is 0 Å². The fraction of sp³-hybridized carbons (Fsp3) is 0.0435. The summed E-state index contributed by atoms with van der Waals surface area (Å²) in [7, 11) is 0. The van der Waals surface area contributed by atoms with Gasteiger partial charge in [0.2, 0.25) is 5.91 Å². The summed E-state index contributed by atoms with van der Waals surface area (Å²) in [5.74, 6) is -0.216. The van der Waals surface area contributed by atoms with E-state index < -0.39 is 0 Å². The van der Waals surface area contributed by atoms with Gasteiger partial charge in [-0.2, -0.15) is 0 Å². The molecule has 3 nitrogen and oxygen atoms in total. The lowest BCUT2D eigenvalue weighted by molar-refractivity contribution is -0.111. The molecule has 0 saturated heterocycles. The van der Waals surface area contributed by atoms with E-state index in [2.05, 4.69) is 5.32 Å². The minimum Gasteiger partial charge on any atom is -0.321 e. The lowest BCUT2D eigenvalue weighted by Gasteiger charge is -2.10. The van der Waals surface area contributed by atoms with E-state index >= 15 is 0 Å². The molecule has 0 bridgehead atoms. The van der Waals surface area contributed by atoms with Gasteiger partial charge in [0.05, 0.1) is 5.69 Å². The molecule has 0 aliphatic rings. The largest absolute Gasteiger partial charge is 0.321 e. The smallest absolute Gasteiger partial charge is 0.248 e. The molecule has 0 spiro atoms. The van der Waals surface area contributed by atoms with Gasteiger partial charge in [0.15, 0.2) is 5.78 Å². The van der Waals surface area contributed by atoms with E-state index in [4.69, 9.17) is 11.6 Å². The number of halogens is 1. The van der Waals surface area contributed by atoms with Crippen molar-refractivity contribution in [2.45, 2.75) is 16.7 Å². The van der Waals surface area contributed by atoms with Crippen molar-refractivity contribution in [2.24, 2.45) is 0 Å². The Kier molecular flexibility index (Phi) is 6.69. The molecule has 0 saturated carbocycles. The molecule has 0 unspecified atom stereocenters. The Hall–Kier alpha value is -2.82. The zero-order chi connectivity index (χ0) is 19.9. The monoisotopic (exact) mass is 407 g/mol. The van der Waals surface area contributed by atoms with Crippen molar-refractivity contribution in [3.8, 4) is 0 Å². The van der Waals surface area contributed by atoms with Crippen molar-refractivity contribution in [1.29, 1.82) is 0 Å². The summed E-state index contributed by atoms with van der Waals surface area (Å²) in [6.07, 6.45) is 3.18. The third-order valence-corrected chi connectivity index (χ3v) is 5.25. The molecular formula is C23H18ClNO2S. The zero-order valence-corrected chi connectivity index (χ0v) is 16.8. The summed E-state index contributed by atoms with van der Waals surface area (Å²) < 4.78 is 0. The molecule has 0 heterocycles. The topological polar surface area (TPSA) is 46.2 Å². The van der Waals surface area contributed by atoms with Crippen LogP contribution in [0.1, 0.15) is 22.8 Å². The van der Waals surface area contributed by atoms with Gasteiger partial charge in [-0.1, -0.05) is 41.6 Å². The third-order valence-electron chi connectivity index (χ3n) is 3.91. The average Bonchev–Trinajstić information content (AvgIpc) is 2.70. The van der Waals surface area contributed by atoms with Gasteiger partial charge in [0.1, 0.15) is 0 Å². The van der Waals surface area contributed by atoms with Crippen molar-refractivity contribution in [3.05, 3.63) is 101 Å². The number of carbonyl (C=O) groups is 2. The van der Waals surface area contributed by atoms with E-state index in [0.29, 0.717) is 16.1 Å². The first kappa shape index (κ1) is 19.9. The van der Waals surface area contributed by atoms with Crippen LogP contribution in [0.25, 0.3) is 0 Å². The highest BCUT2D eigenvalue weighted by Gasteiger charge is 2.10. The number of para-hydroxylation sites is 1. The molecule has 5 heteroatoms. The molecule has 0 aliphatic carbocycles. The number of amides is 1. The van der Waals surface area contributed by atoms with Crippen LogP contribution in [0.4, 0.5) is 5.69 Å². The second kappa shape index (κ2) is 9.40. The van der Waals surface area contributed by atoms with Crippen LogP contribution in [0, 0.1) is 0 Å². The maximum Gasteiger partial charge on any atom is 0.248 e. The highest BCUT2D eigenvalue weighted by atomic mass is 35.5. The maximum atomic E-state index is 12.6. The van der Waals surface area contributed by atoms with Crippen molar-refractivity contribution in [1.82, 2.24) is 0 Å². The number of benzene rings is 3. The van der Waals surface area contributed by atoms with Crippen molar-refractivity contribution in [3.63, 3.8) is 0 Å². The summed E-state index contributed by atoms with van der Waals surface area (Å²) in [5.41, 5.74) is 1.96. The van der Waals surface area contributed by atoms with Crippen LogP contribution in [-0.4, -0.2) is 11.7 Å². The Morgan fingerprint density at radius 3 is 2.14 bits per heavy atom. The van der Waals surface area contributed by atoms with Crippen molar-refractivity contribution < 1.29 is 9.59 Å². The second-order valence-corrected chi connectivity index (χ2v) is 7.50. The number of carbonyl (C=O) groups excluding carboxylic acids is 2. The Labute approximate surface area is 173 Å². The SMILES string of the molecule is CC=CC(=O)Nc1ccccc1Sc1ccc(C(=O)c2ccc(Cl)cc2)cc1. The zero-order valence-electron chi connectivity index (χ0n) is 15.2. The molecule has 0 aliphatic heterocycles. The first-order chi connectivity index (χ1) is 13.6. The van der Waals surface area contributed by atoms with E-state index in [1.807, 2.05) is 36.4 Å². The fourth-order valence-electron chi connectivity index (χ4n) is 2.55. The molecule has 0 atom stereocenters.